The molecule has 100 valence electrons. The van der Waals surface area contributed by atoms with Gasteiger partial charge in [-0.1, -0.05) is 32.9 Å². The molecule has 1 unspecified atom stereocenters. The zero-order valence-electron chi connectivity index (χ0n) is 12.1. The number of carbonyl (C=O) groups is 1. The second-order valence-corrected chi connectivity index (χ2v) is 6.87. The average Bonchev–Trinajstić information content (AvgIpc) is 2.38. The smallest absolute Gasteiger partial charge is 0.184 e. The van der Waals surface area contributed by atoms with Gasteiger partial charge in [0.1, 0.15) is 0 Å². The van der Waals surface area contributed by atoms with Crippen LogP contribution in [0.25, 0.3) is 0 Å². The van der Waals surface area contributed by atoms with Gasteiger partial charge in [-0.15, -0.1) is 0 Å². The van der Waals surface area contributed by atoms with Crippen molar-refractivity contribution in [2.24, 2.45) is 11.3 Å². The van der Waals surface area contributed by atoms with E-state index in [2.05, 4.69) is 32.9 Å². The van der Waals surface area contributed by atoms with Gasteiger partial charge in [-0.25, -0.2) is 0 Å². The first kappa shape index (κ1) is 13.6. The molecule has 0 aromatic heterocycles. The summed E-state index contributed by atoms with van der Waals surface area (Å²) in [4.78, 5) is 12.4. The molecule has 0 aromatic rings. The van der Waals surface area contributed by atoms with Crippen molar-refractivity contribution < 1.29 is 4.79 Å². The molecule has 0 radical (unpaired) electrons. The normalized spacial score (nSPS) is 25.4. The van der Waals surface area contributed by atoms with Crippen molar-refractivity contribution in [2.45, 2.75) is 65.7 Å². The summed E-state index contributed by atoms with van der Waals surface area (Å²) >= 11 is 0. The van der Waals surface area contributed by atoms with Gasteiger partial charge in [-0.3, -0.25) is 4.79 Å². The van der Waals surface area contributed by atoms with E-state index in [-0.39, 0.29) is 0 Å². The highest BCUT2D eigenvalue weighted by molar-refractivity contribution is 6.08. The molecule has 2 aliphatic carbocycles. The van der Waals surface area contributed by atoms with E-state index in [1.807, 2.05) is 0 Å². The standard InChI is InChI=1S/C17H26O/c1-17(2,3)15-11-9-14(10-12-15)16(18)13-7-5-4-6-8-13/h7,9,15H,4-6,8,10-12H2,1-3H3. The molecule has 0 saturated heterocycles. The summed E-state index contributed by atoms with van der Waals surface area (Å²) in [7, 11) is 0. The fourth-order valence-electron chi connectivity index (χ4n) is 3.08. The summed E-state index contributed by atoms with van der Waals surface area (Å²) in [6.07, 6.45) is 12.2. The van der Waals surface area contributed by atoms with E-state index in [1.165, 1.54) is 19.3 Å². The maximum atomic E-state index is 12.4. The molecule has 1 atom stereocenters. The number of hydrogen-bond acceptors (Lipinski definition) is 1. The Labute approximate surface area is 111 Å². The molecule has 0 saturated carbocycles. The number of ketones is 1. The number of Topliss-reactive ketones (excluding diaryl/α,β-unsaturated/α-hetero) is 1. The minimum atomic E-state index is 0.349. The molecule has 0 heterocycles. The highest BCUT2D eigenvalue weighted by atomic mass is 16.1. The first-order chi connectivity index (χ1) is 8.48. The van der Waals surface area contributed by atoms with E-state index in [0.717, 1.165) is 42.7 Å². The Kier molecular flexibility index (Phi) is 4.09. The largest absolute Gasteiger partial charge is 0.289 e. The van der Waals surface area contributed by atoms with Gasteiger partial charge in [-0.2, -0.15) is 0 Å². The van der Waals surface area contributed by atoms with Crippen molar-refractivity contribution in [3.8, 4) is 0 Å². The molecule has 0 amide bonds. The van der Waals surface area contributed by atoms with Crippen molar-refractivity contribution in [2.75, 3.05) is 0 Å². The highest BCUT2D eigenvalue weighted by Gasteiger charge is 2.28. The Bertz CT molecular complexity index is 379. The van der Waals surface area contributed by atoms with E-state index in [4.69, 9.17) is 0 Å². The molecule has 1 heteroatoms. The summed E-state index contributed by atoms with van der Waals surface area (Å²) in [6, 6.07) is 0. The quantitative estimate of drug-likeness (QED) is 0.682. The molecule has 2 aliphatic rings. The van der Waals surface area contributed by atoms with Crippen LogP contribution in [-0.2, 0) is 4.79 Å². The Balaban J connectivity index is 2.01. The Hall–Kier alpha value is -0.850. The monoisotopic (exact) mass is 246 g/mol. The maximum Gasteiger partial charge on any atom is 0.184 e. The van der Waals surface area contributed by atoms with Crippen molar-refractivity contribution >= 4 is 5.78 Å². The molecular weight excluding hydrogens is 220 g/mol. The van der Waals surface area contributed by atoms with Gasteiger partial charge < -0.3 is 0 Å². The average molecular weight is 246 g/mol. The van der Waals surface area contributed by atoms with Crippen LogP contribution in [0.3, 0.4) is 0 Å². The predicted octanol–water partition coefficient (Wildman–Crippen LogP) is 4.83. The maximum absolute atomic E-state index is 12.4. The third kappa shape index (κ3) is 3.13. The summed E-state index contributed by atoms with van der Waals surface area (Å²) in [6.45, 7) is 6.92. The second-order valence-electron chi connectivity index (χ2n) is 6.87. The summed E-state index contributed by atoms with van der Waals surface area (Å²) < 4.78 is 0. The molecule has 18 heavy (non-hydrogen) atoms. The number of hydrogen-bond donors (Lipinski definition) is 0. The van der Waals surface area contributed by atoms with Gasteiger partial charge in [-0.05, 0) is 67.4 Å². The lowest BCUT2D eigenvalue weighted by molar-refractivity contribution is -0.112. The van der Waals surface area contributed by atoms with Crippen molar-refractivity contribution in [3.05, 3.63) is 23.3 Å². The molecule has 1 nitrogen and oxygen atoms in total. The molecule has 0 fully saturated rings. The zero-order valence-corrected chi connectivity index (χ0v) is 12.1. The predicted molar refractivity (Wildman–Crippen MR) is 76.4 cm³/mol. The second kappa shape index (κ2) is 5.42. The first-order valence-corrected chi connectivity index (χ1v) is 7.41. The van der Waals surface area contributed by atoms with Crippen LogP contribution in [0.5, 0.6) is 0 Å². The van der Waals surface area contributed by atoms with E-state index < -0.39 is 0 Å². The number of rotatable bonds is 2. The van der Waals surface area contributed by atoms with Crippen LogP contribution < -0.4 is 0 Å². The van der Waals surface area contributed by atoms with E-state index in [9.17, 15) is 4.79 Å². The summed E-state index contributed by atoms with van der Waals surface area (Å²) in [5.74, 6) is 1.08. The lowest BCUT2D eigenvalue weighted by atomic mass is 9.72. The Morgan fingerprint density at radius 2 is 1.83 bits per heavy atom. The first-order valence-electron chi connectivity index (χ1n) is 7.41. The fourth-order valence-corrected chi connectivity index (χ4v) is 3.08. The topological polar surface area (TPSA) is 17.1 Å². The van der Waals surface area contributed by atoms with Gasteiger partial charge >= 0.3 is 0 Å². The van der Waals surface area contributed by atoms with Crippen LogP contribution in [-0.4, -0.2) is 5.78 Å². The lowest BCUT2D eigenvalue weighted by Crippen LogP contribution is -2.24. The van der Waals surface area contributed by atoms with Crippen LogP contribution >= 0.6 is 0 Å². The third-order valence-corrected chi connectivity index (χ3v) is 4.51. The van der Waals surface area contributed by atoms with Crippen LogP contribution in [0.2, 0.25) is 0 Å². The molecule has 0 N–H and O–H groups in total. The van der Waals surface area contributed by atoms with Gasteiger partial charge in [0.2, 0.25) is 0 Å². The van der Waals surface area contributed by atoms with Crippen molar-refractivity contribution in [1.29, 1.82) is 0 Å². The molecule has 0 spiro atoms. The Morgan fingerprint density at radius 3 is 2.33 bits per heavy atom. The number of carbonyl (C=O) groups excluding carboxylic acids is 1. The van der Waals surface area contributed by atoms with Gasteiger partial charge in [0, 0.05) is 0 Å². The van der Waals surface area contributed by atoms with E-state index in [0.29, 0.717) is 11.2 Å². The minimum absolute atomic E-state index is 0.349. The number of allylic oxidation sites excluding steroid dienone is 4. The van der Waals surface area contributed by atoms with E-state index >= 15 is 0 Å². The molecule has 0 aromatic carbocycles. The lowest BCUT2D eigenvalue weighted by Gasteiger charge is -2.33. The van der Waals surface area contributed by atoms with Crippen LogP contribution in [0, 0.1) is 11.3 Å². The van der Waals surface area contributed by atoms with E-state index in [1.54, 1.807) is 0 Å². The third-order valence-electron chi connectivity index (χ3n) is 4.51. The van der Waals surface area contributed by atoms with Gasteiger partial charge in [0.05, 0.1) is 0 Å². The molecule has 0 bridgehead atoms. The van der Waals surface area contributed by atoms with Crippen LogP contribution in [0.15, 0.2) is 23.3 Å². The molecule has 0 aliphatic heterocycles. The van der Waals surface area contributed by atoms with Crippen LogP contribution in [0.4, 0.5) is 0 Å². The summed E-state index contributed by atoms with van der Waals surface area (Å²) in [5, 5.41) is 0. The van der Waals surface area contributed by atoms with Gasteiger partial charge in [0.25, 0.3) is 0 Å². The molecular formula is C17H26O. The van der Waals surface area contributed by atoms with Crippen molar-refractivity contribution in [1.82, 2.24) is 0 Å². The zero-order chi connectivity index (χ0) is 13.2. The SMILES string of the molecule is CC(C)(C)C1CC=C(C(=O)C2=CCCCC2)CC1. The molecule has 2 rings (SSSR count). The fraction of sp³-hybridized carbons (Fsp3) is 0.706. The minimum Gasteiger partial charge on any atom is -0.289 e. The highest BCUT2D eigenvalue weighted by Crippen LogP contribution is 2.38. The summed E-state index contributed by atoms with van der Waals surface area (Å²) in [5.41, 5.74) is 2.54. The van der Waals surface area contributed by atoms with Crippen LogP contribution in [0.1, 0.15) is 65.7 Å². The Morgan fingerprint density at radius 1 is 1.11 bits per heavy atom. The van der Waals surface area contributed by atoms with Crippen molar-refractivity contribution in [3.63, 3.8) is 0 Å². The van der Waals surface area contributed by atoms with Gasteiger partial charge in [0.15, 0.2) is 5.78 Å².